The molecular formula is C7H7Br2NO. The molecule has 1 heterocycles. The van der Waals surface area contributed by atoms with E-state index in [9.17, 15) is 0 Å². The Morgan fingerprint density at radius 1 is 1.55 bits per heavy atom. The van der Waals surface area contributed by atoms with Crippen molar-refractivity contribution in [3.8, 4) is 0 Å². The molecule has 0 unspecified atom stereocenters. The molecule has 11 heavy (non-hydrogen) atoms. The van der Waals surface area contributed by atoms with Gasteiger partial charge in [-0.25, -0.2) is 4.98 Å². The van der Waals surface area contributed by atoms with E-state index >= 15 is 0 Å². The highest BCUT2D eigenvalue weighted by Crippen LogP contribution is 2.22. The van der Waals surface area contributed by atoms with Gasteiger partial charge in [-0.3, -0.25) is 0 Å². The summed E-state index contributed by atoms with van der Waals surface area (Å²) < 4.78 is 1.63. The van der Waals surface area contributed by atoms with E-state index in [-0.39, 0.29) is 6.61 Å². The van der Waals surface area contributed by atoms with Crippen molar-refractivity contribution >= 4 is 31.9 Å². The summed E-state index contributed by atoms with van der Waals surface area (Å²) in [5, 5.41) is 8.85. The van der Waals surface area contributed by atoms with Gasteiger partial charge in [0, 0.05) is 4.47 Å². The molecule has 0 aliphatic carbocycles. The van der Waals surface area contributed by atoms with Crippen molar-refractivity contribution < 1.29 is 5.11 Å². The largest absolute Gasteiger partial charge is 0.390 e. The van der Waals surface area contributed by atoms with Crippen LogP contribution < -0.4 is 0 Å². The fourth-order valence-electron chi connectivity index (χ4n) is 0.785. The van der Waals surface area contributed by atoms with Gasteiger partial charge in [0.15, 0.2) is 0 Å². The summed E-state index contributed by atoms with van der Waals surface area (Å²) >= 11 is 6.58. The Bertz CT molecular complexity index is 275. The summed E-state index contributed by atoms with van der Waals surface area (Å²) in [6, 6.07) is 1.89. The Morgan fingerprint density at radius 3 is 2.73 bits per heavy atom. The maximum absolute atomic E-state index is 8.85. The minimum atomic E-state index is -0.0408. The number of aliphatic hydroxyl groups is 1. The van der Waals surface area contributed by atoms with Gasteiger partial charge in [0.05, 0.1) is 12.3 Å². The molecule has 0 saturated heterocycles. The monoisotopic (exact) mass is 279 g/mol. The van der Waals surface area contributed by atoms with Gasteiger partial charge in [0.25, 0.3) is 0 Å². The lowest BCUT2D eigenvalue weighted by Gasteiger charge is -2.03. The van der Waals surface area contributed by atoms with Gasteiger partial charge in [-0.15, -0.1) is 0 Å². The topological polar surface area (TPSA) is 33.1 Å². The van der Waals surface area contributed by atoms with E-state index in [1.165, 1.54) is 0 Å². The zero-order valence-corrected chi connectivity index (χ0v) is 9.11. The Balaban J connectivity index is 3.24. The lowest BCUT2D eigenvalue weighted by Crippen LogP contribution is -1.93. The molecule has 1 rings (SSSR count). The molecule has 60 valence electrons. The first-order chi connectivity index (χ1) is 5.15. The molecule has 0 bridgehead atoms. The Hall–Kier alpha value is 0.0700. The Labute approximate surface area is 81.9 Å². The van der Waals surface area contributed by atoms with Gasteiger partial charge in [-0.1, -0.05) is 0 Å². The Morgan fingerprint density at radius 2 is 2.18 bits per heavy atom. The van der Waals surface area contributed by atoms with Crippen LogP contribution in [-0.4, -0.2) is 10.1 Å². The highest BCUT2D eigenvalue weighted by atomic mass is 79.9. The van der Waals surface area contributed by atoms with Gasteiger partial charge in [-0.05, 0) is 50.4 Å². The van der Waals surface area contributed by atoms with Crippen LogP contribution >= 0.6 is 31.9 Å². The van der Waals surface area contributed by atoms with Crippen molar-refractivity contribution in [2.45, 2.75) is 13.5 Å². The van der Waals surface area contributed by atoms with E-state index in [0.717, 1.165) is 14.6 Å². The van der Waals surface area contributed by atoms with E-state index in [2.05, 4.69) is 36.8 Å². The van der Waals surface area contributed by atoms with Crippen LogP contribution in [0.3, 0.4) is 0 Å². The predicted molar refractivity (Wildman–Crippen MR) is 50.3 cm³/mol. The molecule has 0 aliphatic heterocycles. The van der Waals surface area contributed by atoms with Crippen molar-refractivity contribution in [2.24, 2.45) is 0 Å². The molecule has 0 fully saturated rings. The van der Waals surface area contributed by atoms with Crippen molar-refractivity contribution in [3.63, 3.8) is 0 Å². The van der Waals surface area contributed by atoms with E-state index in [1.807, 2.05) is 13.0 Å². The molecular weight excluding hydrogens is 274 g/mol. The number of aryl methyl sites for hydroxylation is 1. The third-order valence-electron chi connectivity index (χ3n) is 1.33. The van der Waals surface area contributed by atoms with Crippen LogP contribution in [0.4, 0.5) is 0 Å². The number of hydrogen-bond donors (Lipinski definition) is 1. The number of halogens is 2. The molecule has 4 heteroatoms. The molecule has 0 aliphatic rings. The second kappa shape index (κ2) is 3.65. The van der Waals surface area contributed by atoms with Crippen LogP contribution in [0.15, 0.2) is 15.1 Å². The number of hydrogen-bond acceptors (Lipinski definition) is 2. The van der Waals surface area contributed by atoms with E-state index < -0.39 is 0 Å². The normalized spacial score (nSPS) is 10.2. The first-order valence-electron chi connectivity index (χ1n) is 3.07. The second-order valence-electron chi connectivity index (χ2n) is 2.18. The molecule has 0 spiro atoms. The SMILES string of the molecule is Cc1cc(Br)nc(CO)c1Br. The highest BCUT2D eigenvalue weighted by molar-refractivity contribution is 9.11. The number of aliphatic hydroxyl groups excluding tert-OH is 1. The highest BCUT2D eigenvalue weighted by Gasteiger charge is 2.04. The third-order valence-corrected chi connectivity index (χ3v) is 2.82. The third kappa shape index (κ3) is 2.01. The van der Waals surface area contributed by atoms with Crippen molar-refractivity contribution in [1.29, 1.82) is 0 Å². The maximum Gasteiger partial charge on any atom is 0.106 e. The summed E-state index contributed by atoms with van der Waals surface area (Å²) in [5.74, 6) is 0. The van der Waals surface area contributed by atoms with E-state index in [4.69, 9.17) is 5.11 Å². The van der Waals surface area contributed by atoms with Gasteiger partial charge < -0.3 is 5.11 Å². The number of nitrogens with zero attached hydrogens (tertiary/aromatic N) is 1. The minimum absolute atomic E-state index is 0.0408. The molecule has 1 aromatic heterocycles. The maximum atomic E-state index is 8.85. The molecule has 1 aromatic rings. The molecule has 0 amide bonds. The van der Waals surface area contributed by atoms with Crippen LogP contribution in [0.25, 0.3) is 0 Å². The zero-order chi connectivity index (χ0) is 8.43. The number of aromatic nitrogens is 1. The molecule has 0 saturated carbocycles. The summed E-state index contributed by atoms with van der Waals surface area (Å²) in [4.78, 5) is 4.07. The molecule has 0 atom stereocenters. The average Bonchev–Trinajstić information content (AvgIpc) is 1.96. The Kier molecular flexibility index (Phi) is 3.04. The lowest BCUT2D eigenvalue weighted by atomic mass is 10.2. The second-order valence-corrected chi connectivity index (χ2v) is 3.79. The molecule has 0 aromatic carbocycles. The van der Waals surface area contributed by atoms with Crippen molar-refractivity contribution in [1.82, 2.24) is 4.98 Å². The molecule has 2 nitrogen and oxygen atoms in total. The van der Waals surface area contributed by atoms with Gasteiger partial charge in [0.1, 0.15) is 4.60 Å². The van der Waals surface area contributed by atoms with E-state index in [1.54, 1.807) is 0 Å². The van der Waals surface area contributed by atoms with Crippen LogP contribution in [0.2, 0.25) is 0 Å². The summed E-state index contributed by atoms with van der Waals surface area (Å²) in [7, 11) is 0. The van der Waals surface area contributed by atoms with Crippen molar-refractivity contribution in [2.75, 3.05) is 0 Å². The molecule has 1 N–H and O–H groups in total. The minimum Gasteiger partial charge on any atom is -0.390 e. The smallest absolute Gasteiger partial charge is 0.106 e. The standard InChI is InChI=1S/C7H7Br2NO/c1-4-2-6(8)10-5(3-11)7(4)9/h2,11H,3H2,1H3. The number of pyridine rings is 1. The summed E-state index contributed by atoms with van der Waals surface area (Å²) in [5.41, 5.74) is 1.73. The predicted octanol–water partition coefficient (Wildman–Crippen LogP) is 2.41. The van der Waals surface area contributed by atoms with Crippen LogP contribution in [-0.2, 0) is 6.61 Å². The van der Waals surface area contributed by atoms with Crippen molar-refractivity contribution in [3.05, 3.63) is 26.4 Å². The average molecular weight is 281 g/mol. The summed E-state index contributed by atoms with van der Waals surface area (Å²) in [6.07, 6.45) is 0. The van der Waals surface area contributed by atoms with Crippen LogP contribution in [0, 0.1) is 6.92 Å². The van der Waals surface area contributed by atoms with Gasteiger partial charge in [-0.2, -0.15) is 0 Å². The van der Waals surface area contributed by atoms with Gasteiger partial charge >= 0.3 is 0 Å². The first-order valence-corrected chi connectivity index (χ1v) is 4.66. The number of rotatable bonds is 1. The van der Waals surface area contributed by atoms with Crippen LogP contribution in [0.1, 0.15) is 11.3 Å². The lowest BCUT2D eigenvalue weighted by molar-refractivity contribution is 0.275. The fourth-order valence-corrected chi connectivity index (χ4v) is 1.67. The van der Waals surface area contributed by atoms with E-state index in [0.29, 0.717) is 5.69 Å². The fraction of sp³-hybridized carbons (Fsp3) is 0.286. The zero-order valence-electron chi connectivity index (χ0n) is 5.93. The van der Waals surface area contributed by atoms with Crippen LogP contribution in [0.5, 0.6) is 0 Å². The quantitative estimate of drug-likeness (QED) is 0.802. The summed E-state index contributed by atoms with van der Waals surface area (Å²) in [6.45, 7) is 1.91. The van der Waals surface area contributed by atoms with Gasteiger partial charge in [0.2, 0.25) is 0 Å². The first kappa shape index (κ1) is 9.16. The molecule has 0 radical (unpaired) electrons.